The zero-order valence-corrected chi connectivity index (χ0v) is 8.67. The van der Waals surface area contributed by atoms with E-state index in [1.54, 1.807) is 0 Å². The van der Waals surface area contributed by atoms with Crippen molar-refractivity contribution in [1.29, 1.82) is 0 Å². The van der Waals surface area contributed by atoms with Crippen LogP contribution in [0.4, 0.5) is 0 Å². The zero-order chi connectivity index (χ0) is 9.76. The Bertz CT molecular complexity index is 380. The maximum Gasteiger partial charge on any atom is 0.131 e. The molecule has 2 aliphatic rings. The van der Waals surface area contributed by atoms with Crippen molar-refractivity contribution in [2.75, 3.05) is 0 Å². The van der Waals surface area contributed by atoms with Crippen molar-refractivity contribution in [3.05, 3.63) is 23.3 Å². The number of aromatic nitrogens is 2. The standard InChI is InChI=1S/C11H15N3/c1-11(2)9-8(6-13-11)5-12-10(14-9)7-3-4-7/h5,7,13H,3-4,6H2,1-2H3. The Morgan fingerprint density at radius 3 is 2.93 bits per heavy atom. The number of fused-ring (bicyclic) bond motifs is 1. The Kier molecular flexibility index (Phi) is 1.52. The van der Waals surface area contributed by atoms with E-state index >= 15 is 0 Å². The number of rotatable bonds is 1. The Hall–Kier alpha value is -0.960. The molecule has 0 bridgehead atoms. The lowest BCUT2D eigenvalue weighted by Crippen LogP contribution is -2.29. The minimum absolute atomic E-state index is 0.0297. The molecule has 0 radical (unpaired) electrons. The van der Waals surface area contributed by atoms with Gasteiger partial charge >= 0.3 is 0 Å². The van der Waals surface area contributed by atoms with E-state index < -0.39 is 0 Å². The van der Waals surface area contributed by atoms with Crippen LogP contribution in [0.5, 0.6) is 0 Å². The van der Waals surface area contributed by atoms with E-state index in [0.717, 1.165) is 12.4 Å². The van der Waals surface area contributed by atoms with Gasteiger partial charge in [0, 0.05) is 24.2 Å². The van der Waals surface area contributed by atoms with E-state index in [9.17, 15) is 0 Å². The third-order valence-corrected chi connectivity index (χ3v) is 3.14. The van der Waals surface area contributed by atoms with Gasteiger partial charge in [-0.05, 0) is 26.7 Å². The molecule has 0 aromatic carbocycles. The second-order valence-corrected chi connectivity index (χ2v) is 4.85. The van der Waals surface area contributed by atoms with Gasteiger partial charge < -0.3 is 5.32 Å². The predicted octanol–water partition coefficient (Wildman–Crippen LogP) is 1.69. The molecular weight excluding hydrogens is 174 g/mol. The highest BCUT2D eigenvalue weighted by Crippen LogP contribution is 2.39. The van der Waals surface area contributed by atoms with E-state index in [0.29, 0.717) is 5.92 Å². The van der Waals surface area contributed by atoms with Crippen molar-refractivity contribution in [2.45, 2.75) is 44.7 Å². The first-order chi connectivity index (χ1) is 6.67. The molecule has 0 amide bonds. The molecule has 74 valence electrons. The van der Waals surface area contributed by atoms with E-state index in [-0.39, 0.29) is 5.54 Å². The lowest BCUT2D eigenvalue weighted by molar-refractivity contribution is 0.432. The predicted molar refractivity (Wildman–Crippen MR) is 53.9 cm³/mol. The molecule has 0 spiro atoms. The molecule has 14 heavy (non-hydrogen) atoms. The van der Waals surface area contributed by atoms with E-state index in [1.165, 1.54) is 24.1 Å². The third-order valence-electron chi connectivity index (χ3n) is 3.14. The molecule has 1 aliphatic heterocycles. The van der Waals surface area contributed by atoms with Crippen molar-refractivity contribution < 1.29 is 0 Å². The first kappa shape index (κ1) is 8.36. The first-order valence-corrected chi connectivity index (χ1v) is 5.28. The highest BCUT2D eigenvalue weighted by Gasteiger charge is 2.34. The van der Waals surface area contributed by atoms with Gasteiger partial charge in [0.1, 0.15) is 5.82 Å². The maximum atomic E-state index is 4.69. The van der Waals surface area contributed by atoms with E-state index in [2.05, 4.69) is 24.1 Å². The molecule has 1 aromatic rings. The molecule has 1 aliphatic carbocycles. The summed E-state index contributed by atoms with van der Waals surface area (Å²) < 4.78 is 0. The van der Waals surface area contributed by atoms with Crippen molar-refractivity contribution in [2.24, 2.45) is 0 Å². The second-order valence-electron chi connectivity index (χ2n) is 4.85. The smallest absolute Gasteiger partial charge is 0.131 e. The van der Waals surface area contributed by atoms with Crippen LogP contribution in [0.25, 0.3) is 0 Å². The average Bonchev–Trinajstić information content (AvgIpc) is 2.94. The summed E-state index contributed by atoms with van der Waals surface area (Å²) in [5.41, 5.74) is 2.50. The van der Waals surface area contributed by atoms with Crippen LogP contribution in [0, 0.1) is 0 Å². The molecule has 3 rings (SSSR count). The molecule has 0 saturated heterocycles. The molecule has 2 heterocycles. The van der Waals surface area contributed by atoms with Gasteiger partial charge in [-0.1, -0.05) is 0 Å². The summed E-state index contributed by atoms with van der Waals surface area (Å²) in [5.74, 6) is 1.71. The van der Waals surface area contributed by atoms with Gasteiger partial charge in [0.15, 0.2) is 0 Å². The van der Waals surface area contributed by atoms with Crippen molar-refractivity contribution in [1.82, 2.24) is 15.3 Å². The van der Waals surface area contributed by atoms with Crippen molar-refractivity contribution >= 4 is 0 Å². The Morgan fingerprint density at radius 2 is 2.21 bits per heavy atom. The average molecular weight is 189 g/mol. The summed E-state index contributed by atoms with van der Waals surface area (Å²) in [7, 11) is 0. The van der Waals surface area contributed by atoms with Crippen molar-refractivity contribution in [3.63, 3.8) is 0 Å². The van der Waals surface area contributed by atoms with Crippen LogP contribution in [-0.4, -0.2) is 9.97 Å². The second kappa shape index (κ2) is 2.54. The summed E-state index contributed by atoms with van der Waals surface area (Å²) >= 11 is 0. The highest BCUT2D eigenvalue weighted by atomic mass is 15.1. The summed E-state index contributed by atoms with van der Waals surface area (Å²) in [6.07, 6.45) is 4.54. The molecule has 1 fully saturated rings. The van der Waals surface area contributed by atoms with Crippen LogP contribution in [0.1, 0.15) is 49.7 Å². The summed E-state index contributed by atoms with van der Waals surface area (Å²) in [6, 6.07) is 0. The fourth-order valence-electron chi connectivity index (χ4n) is 2.03. The van der Waals surface area contributed by atoms with Crippen LogP contribution in [0.15, 0.2) is 6.20 Å². The van der Waals surface area contributed by atoms with Gasteiger partial charge in [-0.25, -0.2) is 9.97 Å². The SMILES string of the molecule is CC1(C)NCc2cnc(C3CC3)nc21. The molecule has 0 unspecified atom stereocenters. The normalized spacial score (nSPS) is 23.6. The lowest BCUT2D eigenvalue weighted by atomic mass is 10.0. The van der Waals surface area contributed by atoms with Crippen LogP contribution in [-0.2, 0) is 12.1 Å². The minimum Gasteiger partial charge on any atom is -0.302 e. The molecule has 1 N–H and O–H groups in total. The van der Waals surface area contributed by atoms with Gasteiger partial charge in [0.05, 0.1) is 11.2 Å². The quantitative estimate of drug-likeness (QED) is 0.730. The topological polar surface area (TPSA) is 37.8 Å². The molecular formula is C11H15N3. The molecule has 1 aromatic heterocycles. The Balaban J connectivity index is 2.08. The number of hydrogen-bond acceptors (Lipinski definition) is 3. The highest BCUT2D eigenvalue weighted by molar-refractivity contribution is 5.30. The summed E-state index contributed by atoms with van der Waals surface area (Å²) in [5, 5.41) is 3.45. The van der Waals surface area contributed by atoms with Gasteiger partial charge in [-0.15, -0.1) is 0 Å². The molecule has 3 nitrogen and oxygen atoms in total. The zero-order valence-electron chi connectivity index (χ0n) is 8.67. The molecule has 3 heteroatoms. The fraction of sp³-hybridized carbons (Fsp3) is 0.636. The van der Waals surface area contributed by atoms with Gasteiger partial charge in [-0.3, -0.25) is 0 Å². The number of hydrogen-bond donors (Lipinski definition) is 1. The van der Waals surface area contributed by atoms with Crippen LogP contribution in [0.2, 0.25) is 0 Å². The largest absolute Gasteiger partial charge is 0.302 e. The fourth-order valence-corrected chi connectivity index (χ4v) is 2.03. The van der Waals surface area contributed by atoms with Crippen molar-refractivity contribution in [3.8, 4) is 0 Å². The third kappa shape index (κ3) is 1.16. The Morgan fingerprint density at radius 1 is 1.43 bits per heavy atom. The van der Waals surface area contributed by atoms with Crippen LogP contribution < -0.4 is 5.32 Å². The van der Waals surface area contributed by atoms with Gasteiger partial charge in [0.25, 0.3) is 0 Å². The van der Waals surface area contributed by atoms with E-state index in [4.69, 9.17) is 4.98 Å². The number of nitrogens with zero attached hydrogens (tertiary/aromatic N) is 2. The molecule has 1 saturated carbocycles. The van der Waals surface area contributed by atoms with Crippen LogP contribution in [0.3, 0.4) is 0 Å². The lowest BCUT2D eigenvalue weighted by Gasteiger charge is -2.18. The summed E-state index contributed by atoms with van der Waals surface area (Å²) in [6.45, 7) is 5.28. The van der Waals surface area contributed by atoms with Gasteiger partial charge in [0.2, 0.25) is 0 Å². The first-order valence-electron chi connectivity index (χ1n) is 5.28. The minimum atomic E-state index is 0.0297. The molecule has 0 atom stereocenters. The van der Waals surface area contributed by atoms with E-state index in [1.807, 2.05) is 6.20 Å². The number of nitrogens with one attached hydrogen (secondary N) is 1. The maximum absolute atomic E-state index is 4.69. The van der Waals surface area contributed by atoms with Gasteiger partial charge in [-0.2, -0.15) is 0 Å². The van der Waals surface area contributed by atoms with Crippen LogP contribution >= 0.6 is 0 Å². The summed E-state index contributed by atoms with van der Waals surface area (Å²) in [4.78, 5) is 9.12. The Labute approximate surface area is 84.0 Å². The monoisotopic (exact) mass is 189 g/mol.